The third kappa shape index (κ3) is 4.23. The first-order valence-electron chi connectivity index (χ1n) is 9.07. The van der Waals surface area contributed by atoms with Crippen molar-refractivity contribution in [3.8, 4) is 5.69 Å². The molecule has 4 rings (SSSR count). The molecular weight excluding hydrogens is 382 g/mol. The third-order valence-corrected chi connectivity index (χ3v) is 6.61. The molecule has 0 spiro atoms. The van der Waals surface area contributed by atoms with Crippen LogP contribution in [0.15, 0.2) is 45.2 Å². The normalized spacial score (nSPS) is 18.4. The zero-order chi connectivity index (χ0) is 18.6. The van der Waals surface area contributed by atoms with Gasteiger partial charge in [-0.15, -0.1) is 11.8 Å². The van der Waals surface area contributed by atoms with Crippen molar-refractivity contribution in [2.24, 2.45) is 0 Å². The number of hydrogen-bond acceptors (Lipinski definition) is 6. The van der Waals surface area contributed by atoms with Gasteiger partial charge in [0, 0.05) is 25.3 Å². The van der Waals surface area contributed by atoms with E-state index in [4.69, 9.17) is 9.72 Å². The fraction of sp³-hybridized carbons (Fsp3) is 0.421. The van der Waals surface area contributed by atoms with Crippen LogP contribution in [0, 0.1) is 0 Å². The Hall–Kier alpha value is -1.77. The van der Waals surface area contributed by atoms with Crippen LogP contribution in [0.4, 0.5) is 0 Å². The van der Waals surface area contributed by atoms with Crippen LogP contribution in [0.5, 0.6) is 0 Å². The molecule has 0 unspecified atom stereocenters. The van der Waals surface area contributed by atoms with Gasteiger partial charge in [-0.05, 0) is 25.0 Å². The zero-order valence-corrected chi connectivity index (χ0v) is 16.5. The fourth-order valence-electron chi connectivity index (χ4n) is 3.21. The molecule has 2 aromatic rings. The Kier molecular flexibility index (Phi) is 5.85. The summed E-state index contributed by atoms with van der Waals surface area (Å²) in [7, 11) is 0. The Morgan fingerprint density at radius 3 is 3.00 bits per heavy atom. The maximum absolute atomic E-state index is 13.0. The quantitative estimate of drug-likeness (QED) is 0.589. The summed E-state index contributed by atoms with van der Waals surface area (Å²) in [6.07, 6.45) is 2.96. The highest BCUT2D eigenvalue weighted by atomic mass is 32.2. The van der Waals surface area contributed by atoms with Crippen LogP contribution >= 0.6 is 23.5 Å². The first kappa shape index (κ1) is 18.6. The van der Waals surface area contributed by atoms with Gasteiger partial charge in [0.15, 0.2) is 5.16 Å². The van der Waals surface area contributed by atoms with E-state index < -0.39 is 0 Å². The number of nitrogens with zero attached hydrogens (tertiary/aromatic N) is 2. The molecule has 0 bridgehead atoms. The molecule has 8 heteroatoms. The van der Waals surface area contributed by atoms with Gasteiger partial charge in [-0.2, -0.15) is 0 Å². The molecule has 1 atom stereocenters. The van der Waals surface area contributed by atoms with Crippen LogP contribution in [-0.4, -0.2) is 46.2 Å². The van der Waals surface area contributed by atoms with Gasteiger partial charge in [-0.3, -0.25) is 14.2 Å². The highest BCUT2D eigenvalue weighted by Gasteiger charge is 2.23. The minimum absolute atomic E-state index is 0.0454. The highest BCUT2D eigenvalue weighted by Crippen LogP contribution is 2.29. The molecule has 0 saturated carbocycles. The van der Waals surface area contributed by atoms with Crippen molar-refractivity contribution < 1.29 is 9.53 Å². The molecule has 1 N–H and O–H groups in total. The number of aryl methyl sites for hydroxylation is 1. The van der Waals surface area contributed by atoms with Gasteiger partial charge in [0.05, 0.1) is 28.1 Å². The molecule has 1 aromatic carbocycles. The van der Waals surface area contributed by atoms with Gasteiger partial charge in [-0.25, -0.2) is 4.98 Å². The topological polar surface area (TPSA) is 73.2 Å². The summed E-state index contributed by atoms with van der Waals surface area (Å²) < 4.78 is 7.15. The van der Waals surface area contributed by atoms with Crippen molar-refractivity contribution in [2.75, 3.05) is 24.7 Å². The molecule has 27 heavy (non-hydrogen) atoms. The molecule has 3 heterocycles. The van der Waals surface area contributed by atoms with Crippen LogP contribution in [0.2, 0.25) is 0 Å². The Balaban J connectivity index is 1.52. The van der Waals surface area contributed by atoms with Crippen LogP contribution in [0.25, 0.3) is 5.69 Å². The number of nitrogens with one attached hydrogen (secondary N) is 1. The fourth-order valence-corrected chi connectivity index (χ4v) is 5.09. The maximum atomic E-state index is 13.0. The number of rotatable bonds is 6. The minimum Gasteiger partial charge on any atom is -0.376 e. The molecule has 2 aliphatic rings. The van der Waals surface area contributed by atoms with E-state index >= 15 is 0 Å². The molecule has 0 radical (unpaired) electrons. The van der Waals surface area contributed by atoms with E-state index in [0.29, 0.717) is 11.7 Å². The van der Waals surface area contributed by atoms with E-state index in [0.717, 1.165) is 47.9 Å². The Morgan fingerprint density at radius 2 is 2.22 bits per heavy atom. The van der Waals surface area contributed by atoms with E-state index in [2.05, 4.69) is 5.32 Å². The average molecular weight is 404 g/mol. The number of carbonyl (C=O) groups is 1. The lowest BCUT2D eigenvalue weighted by molar-refractivity contribution is -0.119. The number of para-hydroxylation sites is 1. The first-order chi connectivity index (χ1) is 13.2. The number of amides is 1. The summed E-state index contributed by atoms with van der Waals surface area (Å²) in [6, 6.07) is 9.47. The van der Waals surface area contributed by atoms with Crippen LogP contribution in [0.3, 0.4) is 0 Å². The van der Waals surface area contributed by atoms with Crippen LogP contribution in [-0.2, 0) is 16.0 Å². The number of thioether (sulfide) groups is 2. The van der Waals surface area contributed by atoms with Crippen molar-refractivity contribution in [2.45, 2.75) is 35.4 Å². The molecular formula is C19H21N3O3S2. The largest absolute Gasteiger partial charge is 0.376 e. The Morgan fingerprint density at radius 1 is 1.37 bits per heavy atom. The number of aromatic nitrogens is 2. The van der Waals surface area contributed by atoms with Gasteiger partial charge in [0.2, 0.25) is 5.91 Å². The van der Waals surface area contributed by atoms with Gasteiger partial charge in [-0.1, -0.05) is 30.0 Å². The smallest absolute Gasteiger partial charge is 0.272 e. The molecule has 1 fully saturated rings. The lowest BCUT2D eigenvalue weighted by atomic mass is 10.2. The SMILES string of the molecule is O=C(CSc1nc2c(c(=O)n1-c1ccccc1)SCC2)NC[C@@H]1CCCO1. The third-order valence-electron chi connectivity index (χ3n) is 4.56. The van der Waals surface area contributed by atoms with Gasteiger partial charge >= 0.3 is 0 Å². The molecule has 1 aromatic heterocycles. The number of hydrogen-bond donors (Lipinski definition) is 1. The second-order valence-electron chi connectivity index (χ2n) is 6.47. The van der Waals surface area contributed by atoms with Gasteiger partial charge in [0.25, 0.3) is 5.56 Å². The van der Waals surface area contributed by atoms with E-state index in [1.165, 1.54) is 11.8 Å². The Bertz CT molecular complexity index is 880. The number of ether oxygens (including phenoxy) is 1. The van der Waals surface area contributed by atoms with Crippen molar-refractivity contribution in [1.82, 2.24) is 14.9 Å². The molecule has 2 aliphatic heterocycles. The average Bonchev–Trinajstić information content (AvgIpc) is 3.37. The predicted octanol–water partition coefficient (Wildman–Crippen LogP) is 2.27. The Labute approximate surface area is 166 Å². The second-order valence-corrected chi connectivity index (χ2v) is 8.52. The summed E-state index contributed by atoms with van der Waals surface area (Å²) in [5.74, 6) is 1.03. The molecule has 6 nitrogen and oxygen atoms in total. The summed E-state index contributed by atoms with van der Waals surface area (Å²) in [6.45, 7) is 1.31. The van der Waals surface area contributed by atoms with E-state index in [9.17, 15) is 9.59 Å². The summed E-state index contributed by atoms with van der Waals surface area (Å²) in [5, 5.41) is 3.49. The summed E-state index contributed by atoms with van der Waals surface area (Å²) in [4.78, 5) is 30.7. The van der Waals surface area contributed by atoms with Crippen molar-refractivity contribution in [3.63, 3.8) is 0 Å². The van der Waals surface area contributed by atoms with Crippen LogP contribution in [0.1, 0.15) is 18.5 Å². The van der Waals surface area contributed by atoms with Crippen molar-refractivity contribution in [1.29, 1.82) is 0 Å². The molecule has 1 amide bonds. The lowest BCUT2D eigenvalue weighted by Gasteiger charge is -2.14. The molecule has 142 valence electrons. The summed E-state index contributed by atoms with van der Waals surface area (Å²) in [5.41, 5.74) is 1.57. The van der Waals surface area contributed by atoms with E-state index in [1.807, 2.05) is 30.3 Å². The number of carbonyl (C=O) groups excluding carboxylic acids is 1. The van der Waals surface area contributed by atoms with Gasteiger partial charge in [0.1, 0.15) is 0 Å². The van der Waals surface area contributed by atoms with Crippen LogP contribution < -0.4 is 10.9 Å². The predicted molar refractivity (Wildman–Crippen MR) is 107 cm³/mol. The van der Waals surface area contributed by atoms with E-state index in [1.54, 1.807) is 16.3 Å². The van der Waals surface area contributed by atoms with Crippen molar-refractivity contribution >= 4 is 29.4 Å². The zero-order valence-electron chi connectivity index (χ0n) is 14.8. The highest BCUT2D eigenvalue weighted by molar-refractivity contribution is 8.00. The molecule has 1 saturated heterocycles. The first-order valence-corrected chi connectivity index (χ1v) is 11.0. The van der Waals surface area contributed by atoms with E-state index in [-0.39, 0.29) is 23.3 Å². The lowest BCUT2D eigenvalue weighted by Crippen LogP contribution is -2.33. The number of fused-ring (bicyclic) bond motifs is 1. The van der Waals surface area contributed by atoms with Gasteiger partial charge < -0.3 is 10.1 Å². The number of benzene rings is 1. The minimum atomic E-state index is -0.0702. The standard InChI is InChI=1S/C19H21N3O3S2/c23-16(20-11-14-7-4-9-25-14)12-27-19-21-15-8-10-26-17(15)18(24)22(19)13-5-2-1-3-6-13/h1-3,5-6,14H,4,7-12H2,(H,20,23)/t14-/m0/s1. The van der Waals surface area contributed by atoms with Crippen molar-refractivity contribution in [3.05, 3.63) is 46.4 Å². The summed E-state index contributed by atoms with van der Waals surface area (Å²) >= 11 is 2.86. The second kappa shape index (κ2) is 8.50. The monoisotopic (exact) mass is 403 g/mol. The maximum Gasteiger partial charge on any atom is 0.272 e. The molecule has 0 aliphatic carbocycles.